The molecule has 0 bridgehead atoms. The van der Waals surface area contributed by atoms with Crippen molar-refractivity contribution >= 4 is 39.6 Å². The molecule has 2 amide bonds. The number of anilines is 1. The van der Waals surface area contributed by atoms with Gasteiger partial charge in [0, 0.05) is 4.47 Å². The van der Waals surface area contributed by atoms with E-state index in [1.807, 2.05) is 6.07 Å². The summed E-state index contributed by atoms with van der Waals surface area (Å²) in [7, 11) is 0. The highest BCUT2D eigenvalue weighted by Gasteiger charge is 2.21. The third-order valence-electron chi connectivity index (χ3n) is 4.51. The number of benzene rings is 3. The van der Waals surface area contributed by atoms with Crippen LogP contribution in [-0.4, -0.2) is 18.0 Å². The fourth-order valence-corrected chi connectivity index (χ4v) is 2.97. The van der Waals surface area contributed by atoms with Gasteiger partial charge < -0.3 is 10.1 Å². The van der Waals surface area contributed by atoms with E-state index in [4.69, 9.17) is 4.74 Å². The molecule has 1 atom stereocenters. The number of nitrogens with one attached hydrogen (secondary N) is 2. The Bertz CT molecular complexity index is 1100. The molecule has 3 rings (SSSR count). The van der Waals surface area contributed by atoms with Crippen molar-refractivity contribution in [1.82, 2.24) is 5.43 Å². The van der Waals surface area contributed by atoms with Crippen molar-refractivity contribution in [3.8, 4) is 5.75 Å². The van der Waals surface area contributed by atoms with Gasteiger partial charge in [-0.25, -0.2) is 9.82 Å². The molecule has 0 aromatic heterocycles. The van der Waals surface area contributed by atoms with Crippen LogP contribution in [-0.2, 0) is 16.2 Å². The number of amides is 2. The summed E-state index contributed by atoms with van der Waals surface area (Å²) in [5.41, 5.74) is 4.56. The van der Waals surface area contributed by atoms with Crippen molar-refractivity contribution in [1.29, 1.82) is 0 Å². The molecule has 8 heteroatoms. The number of hydrogen-bond donors (Lipinski definition) is 2. The van der Waals surface area contributed by atoms with Gasteiger partial charge in [-0.3, -0.25) is 9.59 Å². The average Bonchev–Trinajstić information content (AvgIpc) is 2.80. The van der Waals surface area contributed by atoms with E-state index in [0.29, 0.717) is 18.0 Å². The zero-order chi connectivity index (χ0) is 22.9. The summed E-state index contributed by atoms with van der Waals surface area (Å²) in [6, 6.07) is 20.3. The number of rotatable bonds is 8. The van der Waals surface area contributed by atoms with Crippen molar-refractivity contribution in [3.05, 3.63) is 94.2 Å². The number of ether oxygens (including phenoxy) is 1. The molecule has 6 nitrogen and oxygen atoms in total. The maximum Gasteiger partial charge on any atom is 0.252 e. The van der Waals surface area contributed by atoms with E-state index in [-0.39, 0.29) is 5.82 Å². The second-order valence-corrected chi connectivity index (χ2v) is 7.76. The highest BCUT2D eigenvalue weighted by molar-refractivity contribution is 9.10. The maximum absolute atomic E-state index is 12.9. The second-order valence-electron chi connectivity index (χ2n) is 6.91. The largest absolute Gasteiger partial charge is 0.489 e. The van der Waals surface area contributed by atoms with Crippen LogP contribution in [0.4, 0.5) is 10.1 Å². The van der Waals surface area contributed by atoms with E-state index in [1.54, 1.807) is 54.6 Å². The van der Waals surface area contributed by atoms with Crippen LogP contribution in [0.15, 0.2) is 82.4 Å². The summed E-state index contributed by atoms with van der Waals surface area (Å²) in [6.07, 6.45) is 1.47. The third-order valence-corrected chi connectivity index (χ3v) is 5.20. The molecular weight excluding hydrogens is 477 g/mol. The van der Waals surface area contributed by atoms with Crippen LogP contribution in [0.5, 0.6) is 5.75 Å². The smallest absolute Gasteiger partial charge is 0.252 e. The van der Waals surface area contributed by atoms with Crippen molar-refractivity contribution in [2.24, 2.45) is 11.0 Å². The average molecular weight is 498 g/mol. The van der Waals surface area contributed by atoms with Gasteiger partial charge in [-0.15, -0.1) is 0 Å². The van der Waals surface area contributed by atoms with E-state index in [2.05, 4.69) is 31.8 Å². The molecular formula is C24H21BrFN3O3. The molecule has 0 saturated carbocycles. The lowest BCUT2D eigenvalue weighted by Gasteiger charge is -2.11. The number of carbonyl (C=O) groups excluding carboxylic acids is 2. The Labute approximate surface area is 193 Å². The SMILES string of the molecule is CC(C(=O)NN=Cc1ccc(OCc2ccc(F)cc2)cc1)C(=O)Nc1ccccc1Br. The molecule has 0 spiro atoms. The fourth-order valence-electron chi connectivity index (χ4n) is 2.59. The summed E-state index contributed by atoms with van der Waals surface area (Å²) in [5, 5.41) is 6.61. The molecule has 3 aromatic carbocycles. The molecule has 0 radical (unpaired) electrons. The Hall–Kier alpha value is -3.52. The molecule has 0 fully saturated rings. The normalized spacial score (nSPS) is 11.7. The highest BCUT2D eigenvalue weighted by Crippen LogP contribution is 2.21. The second kappa shape index (κ2) is 11.2. The lowest BCUT2D eigenvalue weighted by atomic mass is 10.1. The van der Waals surface area contributed by atoms with Gasteiger partial charge in [0.2, 0.25) is 5.91 Å². The van der Waals surface area contributed by atoms with Gasteiger partial charge >= 0.3 is 0 Å². The van der Waals surface area contributed by atoms with Crippen LogP contribution in [0.25, 0.3) is 0 Å². The van der Waals surface area contributed by atoms with Gasteiger partial charge in [-0.1, -0.05) is 24.3 Å². The lowest BCUT2D eigenvalue weighted by Crippen LogP contribution is -2.34. The predicted octanol–water partition coefficient (Wildman–Crippen LogP) is 4.89. The maximum atomic E-state index is 12.9. The summed E-state index contributed by atoms with van der Waals surface area (Å²) in [4.78, 5) is 24.5. The van der Waals surface area contributed by atoms with E-state index >= 15 is 0 Å². The van der Waals surface area contributed by atoms with Gasteiger partial charge in [0.1, 0.15) is 24.1 Å². The fraction of sp³-hybridized carbons (Fsp3) is 0.125. The predicted molar refractivity (Wildman–Crippen MR) is 125 cm³/mol. The molecule has 0 heterocycles. The van der Waals surface area contributed by atoms with Crippen LogP contribution >= 0.6 is 15.9 Å². The van der Waals surface area contributed by atoms with E-state index < -0.39 is 17.7 Å². The topological polar surface area (TPSA) is 79.8 Å². The molecule has 2 N–H and O–H groups in total. The van der Waals surface area contributed by atoms with Crippen LogP contribution in [0.3, 0.4) is 0 Å². The minimum atomic E-state index is -0.929. The zero-order valence-corrected chi connectivity index (χ0v) is 18.8. The van der Waals surface area contributed by atoms with Crippen LogP contribution < -0.4 is 15.5 Å². The summed E-state index contributed by atoms with van der Waals surface area (Å²) < 4.78 is 19.3. The van der Waals surface area contributed by atoms with E-state index in [1.165, 1.54) is 25.3 Å². The minimum absolute atomic E-state index is 0.288. The standard InChI is InChI=1S/C24H21BrFN3O3/c1-16(23(30)28-22-5-3-2-4-21(22)25)24(31)29-27-14-17-8-12-20(13-9-17)32-15-18-6-10-19(26)11-7-18/h2-14,16H,15H2,1H3,(H,28,30)(H,29,31). The summed E-state index contributed by atoms with van der Waals surface area (Å²) >= 11 is 3.35. The third kappa shape index (κ3) is 6.75. The van der Waals surface area contributed by atoms with Crippen LogP contribution in [0.1, 0.15) is 18.1 Å². The summed E-state index contributed by atoms with van der Waals surface area (Å²) in [6.45, 7) is 1.83. The molecule has 32 heavy (non-hydrogen) atoms. The Morgan fingerprint density at radius 2 is 1.72 bits per heavy atom. The molecule has 0 saturated heterocycles. The summed E-state index contributed by atoms with van der Waals surface area (Å²) in [5.74, 6) is -1.53. The van der Waals surface area contributed by atoms with Crippen molar-refractivity contribution in [2.45, 2.75) is 13.5 Å². The first-order valence-electron chi connectivity index (χ1n) is 9.78. The Kier molecular flexibility index (Phi) is 8.10. The first-order chi connectivity index (χ1) is 15.4. The molecule has 1 unspecified atom stereocenters. The number of carbonyl (C=O) groups is 2. The lowest BCUT2D eigenvalue weighted by molar-refractivity contribution is -0.131. The van der Waals surface area contributed by atoms with Crippen molar-refractivity contribution in [2.75, 3.05) is 5.32 Å². The van der Waals surface area contributed by atoms with Gasteiger partial charge in [0.15, 0.2) is 0 Å². The molecule has 164 valence electrons. The Morgan fingerprint density at radius 3 is 2.41 bits per heavy atom. The first kappa shape index (κ1) is 23.1. The molecule has 0 aliphatic heterocycles. The quantitative estimate of drug-likeness (QED) is 0.264. The van der Waals surface area contributed by atoms with Gasteiger partial charge in [0.25, 0.3) is 5.91 Å². The first-order valence-corrected chi connectivity index (χ1v) is 10.6. The molecule has 3 aromatic rings. The Balaban J connectivity index is 1.47. The van der Waals surface area contributed by atoms with Crippen molar-refractivity contribution in [3.63, 3.8) is 0 Å². The van der Waals surface area contributed by atoms with E-state index in [0.717, 1.165) is 15.6 Å². The minimum Gasteiger partial charge on any atom is -0.489 e. The number of halogens is 2. The Morgan fingerprint density at radius 1 is 1.03 bits per heavy atom. The number of nitrogens with zero attached hydrogens (tertiary/aromatic N) is 1. The highest BCUT2D eigenvalue weighted by atomic mass is 79.9. The van der Waals surface area contributed by atoms with E-state index in [9.17, 15) is 14.0 Å². The van der Waals surface area contributed by atoms with Gasteiger partial charge in [0.05, 0.1) is 11.9 Å². The number of hydrazone groups is 1. The van der Waals surface area contributed by atoms with Crippen LogP contribution in [0.2, 0.25) is 0 Å². The van der Waals surface area contributed by atoms with Crippen molar-refractivity contribution < 1.29 is 18.7 Å². The van der Waals surface area contributed by atoms with Gasteiger partial charge in [-0.05, 0) is 82.5 Å². The number of para-hydroxylation sites is 1. The monoisotopic (exact) mass is 497 g/mol. The van der Waals surface area contributed by atoms with Crippen LogP contribution in [0, 0.1) is 11.7 Å². The molecule has 0 aliphatic carbocycles. The number of hydrogen-bond acceptors (Lipinski definition) is 4. The van der Waals surface area contributed by atoms with Gasteiger partial charge in [-0.2, -0.15) is 5.10 Å². The molecule has 0 aliphatic rings. The zero-order valence-electron chi connectivity index (χ0n) is 17.2.